The van der Waals surface area contributed by atoms with Crippen molar-refractivity contribution in [1.82, 2.24) is 5.32 Å². The molecule has 1 rings (SSSR count). The van der Waals surface area contributed by atoms with Gasteiger partial charge in [-0.1, -0.05) is 19.1 Å². The molecule has 7 heteroatoms. The number of ketones is 1. The van der Waals surface area contributed by atoms with E-state index >= 15 is 0 Å². The van der Waals surface area contributed by atoms with Gasteiger partial charge in [0.2, 0.25) is 11.8 Å². The van der Waals surface area contributed by atoms with Gasteiger partial charge >= 0.3 is 0 Å². The van der Waals surface area contributed by atoms with Gasteiger partial charge in [-0.2, -0.15) is 0 Å². The second kappa shape index (κ2) is 15.5. The first-order valence-corrected chi connectivity index (χ1v) is 11.2. The molecule has 7 nitrogen and oxygen atoms in total. The third-order valence-electron chi connectivity index (χ3n) is 4.90. The molecule has 31 heavy (non-hydrogen) atoms. The SMILES string of the molecule is CCOCC(C)CCNC(=O)CCCC(=O)Nc1ccc(CCC(O)CC(C)=O)cc1.[HH].[HH]. The predicted octanol–water partition coefficient (Wildman–Crippen LogP) is 3.74. The second-order valence-electron chi connectivity index (χ2n) is 8.10. The summed E-state index contributed by atoms with van der Waals surface area (Å²) < 4.78 is 5.35. The molecule has 0 heterocycles. The van der Waals surface area contributed by atoms with Crippen molar-refractivity contribution in [3.05, 3.63) is 29.8 Å². The summed E-state index contributed by atoms with van der Waals surface area (Å²) in [5.41, 5.74) is 1.73. The van der Waals surface area contributed by atoms with Crippen LogP contribution in [0.15, 0.2) is 24.3 Å². The first-order valence-electron chi connectivity index (χ1n) is 11.2. The highest BCUT2D eigenvalue weighted by atomic mass is 16.5. The lowest BCUT2D eigenvalue weighted by atomic mass is 10.0. The Bertz CT molecular complexity index is 686. The molecule has 0 fully saturated rings. The van der Waals surface area contributed by atoms with E-state index < -0.39 is 6.10 Å². The van der Waals surface area contributed by atoms with Gasteiger partial charge in [0, 0.05) is 47.6 Å². The molecule has 1 aromatic carbocycles. The summed E-state index contributed by atoms with van der Waals surface area (Å²) in [5.74, 6) is 0.230. The average Bonchev–Trinajstić information content (AvgIpc) is 2.71. The molecule has 0 bridgehead atoms. The first-order chi connectivity index (χ1) is 14.8. The summed E-state index contributed by atoms with van der Waals surface area (Å²) in [6, 6.07) is 7.44. The molecule has 2 amide bonds. The van der Waals surface area contributed by atoms with Gasteiger partial charge < -0.3 is 20.5 Å². The number of anilines is 1. The summed E-state index contributed by atoms with van der Waals surface area (Å²) >= 11 is 0. The van der Waals surface area contributed by atoms with Crippen LogP contribution in [-0.4, -0.2) is 48.6 Å². The Morgan fingerprint density at radius 3 is 2.42 bits per heavy atom. The molecular formula is C24H42N2O5. The highest BCUT2D eigenvalue weighted by Crippen LogP contribution is 2.13. The standard InChI is InChI=1S/C24H38N2O5.2H2/c1-4-31-17-18(2)14-15-25-23(29)6-5-7-24(30)26-21-11-8-20(9-12-21)10-13-22(28)16-19(3)27;;/h8-9,11-12,18,22,28H,4-7,10,13-17H2,1-3H3,(H,25,29)(H,26,30);2*1H. The summed E-state index contributed by atoms with van der Waals surface area (Å²) in [4.78, 5) is 35.0. The number of aliphatic hydroxyl groups is 1. The molecule has 0 spiro atoms. The van der Waals surface area contributed by atoms with Crippen LogP contribution in [0.25, 0.3) is 0 Å². The van der Waals surface area contributed by atoms with Crippen molar-refractivity contribution in [1.29, 1.82) is 0 Å². The summed E-state index contributed by atoms with van der Waals surface area (Å²) in [5, 5.41) is 15.5. The van der Waals surface area contributed by atoms with Gasteiger partial charge in [-0.25, -0.2) is 0 Å². The molecule has 0 aliphatic rings. The Labute approximate surface area is 188 Å². The minimum Gasteiger partial charge on any atom is -0.393 e. The highest BCUT2D eigenvalue weighted by molar-refractivity contribution is 5.91. The molecule has 0 aliphatic carbocycles. The molecule has 1 aromatic rings. The number of Topliss-reactive ketones (excluding diaryl/α,β-unsaturated/α-hetero) is 1. The number of hydrogen-bond donors (Lipinski definition) is 3. The fourth-order valence-electron chi connectivity index (χ4n) is 3.10. The largest absolute Gasteiger partial charge is 0.393 e. The van der Waals surface area contributed by atoms with E-state index in [0.29, 0.717) is 57.0 Å². The number of hydrogen-bond acceptors (Lipinski definition) is 5. The minimum absolute atomic E-state index is 0. The molecule has 0 saturated heterocycles. The van der Waals surface area contributed by atoms with Gasteiger partial charge in [0.1, 0.15) is 5.78 Å². The number of carbonyl (C=O) groups is 3. The summed E-state index contributed by atoms with van der Waals surface area (Å²) in [6.45, 7) is 7.56. The monoisotopic (exact) mass is 438 g/mol. The van der Waals surface area contributed by atoms with E-state index in [9.17, 15) is 19.5 Å². The van der Waals surface area contributed by atoms with Crippen molar-refractivity contribution in [2.24, 2.45) is 5.92 Å². The smallest absolute Gasteiger partial charge is 0.224 e. The molecule has 0 aromatic heterocycles. The van der Waals surface area contributed by atoms with Gasteiger partial charge in [0.25, 0.3) is 0 Å². The summed E-state index contributed by atoms with van der Waals surface area (Å²) in [7, 11) is 0. The maximum atomic E-state index is 12.1. The van der Waals surface area contributed by atoms with E-state index in [1.165, 1.54) is 6.92 Å². The third-order valence-corrected chi connectivity index (χ3v) is 4.90. The molecule has 0 radical (unpaired) electrons. The van der Waals surface area contributed by atoms with Gasteiger partial charge in [0.05, 0.1) is 6.10 Å². The maximum Gasteiger partial charge on any atom is 0.224 e. The molecule has 178 valence electrons. The van der Waals surface area contributed by atoms with Crippen molar-refractivity contribution < 1.29 is 27.1 Å². The van der Waals surface area contributed by atoms with E-state index in [-0.39, 0.29) is 33.3 Å². The molecule has 2 atom stereocenters. The van der Waals surface area contributed by atoms with Crippen molar-refractivity contribution >= 4 is 23.3 Å². The van der Waals surface area contributed by atoms with Crippen LogP contribution < -0.4 is 10.6 Å². The molecule has 2 unspecified atom stereocenters. The average molecular weight is 439 g/mol. The van der Waals surface area contributed by atoms with E-state index in [1.807, 2.05) is 31.2 Å². The Kier molecular flexibility index (Phi) is 13.4. The van der Waals surface area contributed by atoms with E-state index in [2.05, 4.69) is 17.6 Å². The highest BCUT2D eigenvalue weighted by Gasteiger charge is 2.09. The number of aliphatic hydroxyl groups excluding tert-OH is 1. The topological polar surface area (TPSA) is 105 Å². The lowest BCUT2D eigenvalue weighted by molar-refractivity contribution is -0.121. The number of nitrogens with one attached hydrogen (secondary N) is 2. The van der Waals surface area contributed by atoms with Gasteiger partial charge in [0.15, 0.2) is 0 Å². The predicted molar refractivity (Wildman–Crippen MR) is 126 cm³/mol. The molecule has 3 N–H and O–H groups in total. The van der Waals surface area contributed by atoms with Crippen LogP contribution in [0.4, 0.5) is 5.69 Å². The van der Waals surface area contributed by atoms with Crippen LogP contribution in [0.1, 0.15) is 67.7 Å². The fourth-order valence-corrected chi connectivity index (χ4v) is 3.10. The zero-order chi connectivity index (χ0) is 23.1. The second-order valence-corrected chi connectivity index (χ2v) is 8.10. The molecular weight excluding hydrogens is 396 g/mol. The number of carbonyl (C=O) groups excluding carboxylic acids is 3. The Hall–Kier alpha value is -2.25. The molecule has 0 saturated carbocycles. The summed E-state index contributed by atoms with van der Waals surface area (Å²) in [6.07, 6.45) is 2.74. The number of aryl methyl sites for hydroxylation is 1. The van der Waals surface area contributed by atoms with Crippen molar-refractivity contribution in [3.63, 3.8) is 0 Å². The van der Waals surface area contributed by atoms with Gasteiger partial charge in [-0.15, -0.1) is 0 Å². The molecule has 0 aliphatic heterocycles. The van der Waals surface area contributed by atoms with Crippen molar-refractivity contribution in [3.8, 4) is 0 Å². The van der Waals surface area contributed by atoms with E-state index in [0.717, 1.165) is 12.0 Å². The number of rotatable bonds is 16. The van der Waals surface area contributed by atoms with Crippen LogP contribution in [0, 0.1) is 5.92 Å². The quantitative estimate of drug-likeness (QED) is 0.365. The Morgan fingerprint density at radius 1 is 1.10 bits per heavy atom. The van der Waals surface area contributed by atoms with Crippen molar-refractivity contribution in [2.75, 3.05) is 25.1 Å². The fraction of sp³-hybridized carbons (Fsp3) is 0.625. The Morgan fingerprint density at radius 2 is 1.77 bits per heavy atom. The van der Waals surface area contributed by atoms with E-state index in [1.54, 1.807) is 0 Å². The lowest BCUT2D eigenvalue weighted by Gasteiger charge is -2.12. The van der Waals surface area contributed by atoms with Crippen molar-refractivity contribution in [2.45, 2.75) is 71.8 Å². The Balaban J connectivity index is 0. The van der Waals surface area contributed by atoms with Gasteiger partial charge in [-0.3, -0.25) is 14.4 Å². The van der Waals surface area contributed by atoms with Crippen LogP contribution in [-0.2, 0) is 25.5 Å². The van der Waals surface area contributed by atoms with Gasteiger partial charge in [-0.05, 0) is 63.1 Å². The van der Waals surface area contributed by atoms with Crippen LogP contribution in [0.3, 0.4) is 0 Å². The maximum absolute atomic E-state index is 12.1. The normalized spacial score (nSPS) is 12.8. The zero-order valence-corrected chi connectivity index (χ0v) is 19.1. The minimum atomic E-state index is -0.618. The lowest BCUT2D eigenvalue weighted by Crippen LogP contribution is -2.26. The van der Waals surface area contributed by atoms with E-state index in [4.69, 9.17) is 4.74 Å². The number of benzene rings is 1. The van der Waals surface area contributed by atoms with Crippen LogP contribution in [0.2, 0.25) is 0 Å². The third kappa shape index (κ3) is 13.6. The number of amides is 2. The zero-order valence-electron chi connectivity index (χ0n) is 19.1. The number of ether oxygens (including phenoxy) is 1. The van der Waals surface area contributed by atoms with Crippen LogP contribution in [0.5, 0.6) is 0 Å². The first kappa shape index (κ1) is 26.8. The van der Waals surface area contributed by atoms with Crippen LogP contribution >= 0.6 is 0 Å².